The predicted octanol–water partition coefficient (Wildman–Crippen LogP) is -0.377. The fourth-order valence-corrected chi connectivity index (χ4v) is 1.08. The van der Waals surface area contributed by atoms with Crippen LogP contribution in [0.25, 0.3) is 0 Å². The van der Waals surface area contributed by atoms with Crippen molar-refractivity contribution in [1.82, 2.24) is 0 Å². The summed E-state index contributed by atoms with van der Waals surface area (Å²) in [6.07, 6.45) is -1.06. The Hall–Kier alpha value is -0.610. The maximum absolute atomic E-state index is 10.2. The minimum absolute atomic E-state index is 0.0373. The average Bonchev–Trinajstić information content (AvgIpc) is 1.97. The van der Waals surface area contributed by atoms with Gasteiger partial charge in [-0.15, -0.1) is 5.92 Å². The van der Waals surface area contributed by atoms with E-state index in [4.69, 9.17) is 9.66 Å². The van der Waals surface area contributed by atoms with Crippen LogP contribution < -0.4 is 0 Å². The van der Waals surface area contributed by atoms with Crippen LogP contribution in [0.1, 0.15) is 13.3 Å². The zero-order valence-corrected chi connectivity index (χ0v) is 8.04. The molecule has 13 heavy (non-hydrogen) atoms. The number of aliphatic hydroxyl groups is 1. The molecule has 0 bridgehead atoms. The minimum atomic E-state index is -3.93. The molecule has 0 rings (SSSR count). The highest BCUT2D eigenvalue weighted by atomic mass is 32.2. The molecule has 0 radical (unpaired) electrons. The molecular weight excluding hydrogens is 196 g/mol. The first-order valence-electron chi connectivity index (χ1n) is 3.63. The van der Waals surface area contributed by atoms with Crippen molar-refractivity contribution in [3.8, 4) is 11.8 Å². The highest BCUT2D eigenvalue weighted by Crippen LogP contribution is 1.92. The van der Waals surface area contributed by atoms with E-state index in [2.05, 4.69) is 16.6 Å². The van der Waals surface area contributed by atoms with Crippen LogP contribution in [-0.4, -0.2) is 36.7 Å². The zero-order chi connectivity index (χ0) is 10.3. The summed E-state index contributed by atoms with van der Waals surface area (Å²) in [5.74, 6) is 4.37. The van der Waals surface area contributed by atoms with Gasteiger partial charge in [-0.3, -0.25) is 4.55 Å². The summed E-state index contributed by atoms with van der Waals surface area (Å²) in [5, 5.41) is 8.87. The molecule has 0 aromatic rings. The molecule has 0 aromatic carbocycles. The van der Waals surface area contributed by atoms with Gasteiger partial charge in [0.15, 0.2) is 0 Å². The molecule has 6 heteroatoms. The second-order valence-corrected chi connectivity index (χ2v) is 3.83. The fraction of sp³-hybridized carbons (Fsp3) is 0.714. The van der Waals surface area contributed by atoms with Gasteiger partial charge in [0.25, 0.3) is 10.1 Å². The molecule has 2 N–H and O–H groups in total. The monoisotopic (exact) mass is 208 g/mol. The van der Waals surface area contributed by atoms with Crippen LogP contribution in [0.4, 0.5) is 0 Å². The second-order valence-electron chi connectivity index (χ2n) is 2.26. The topological polar surface area (TPSA) is 83.8 Å². The van der Waals surface area contributed by atoms with Crippen molar-refractivity contribution in [3.05, 3.63) is 0 Å². The van der Waals surface area contributed by atoms with E-state index in [1.807, 2.05) is 0 Å². The standard InChI is InChI=1S/C7H12O5S/c1-2-4-7(8)12-5-3-6-13(9,10)11/h7-8H,3,5-6H2,1H3,(H,9,10,11). The summed E-state index contributed by atoms with van der Waals surface area (Å²) < 4.78 is 33.4. The quantitative estimate of drug-likeness (QED) is 0.278. The highest BCUT2D eigenvalue weighted by molar-refractivity contribution is 7.85. The Morgan fingerprint density at radius 2 is 2.15 bits per heavy atom. The van der Waals surface area contributed by atoms with Gasteiger partial charge in [0, 0.05) is 0 Å². The number of aliphatic hydroxyl groups excluding tert-OH is 1. The summed E-state index contributed by atoms with van der Waals surface area (Å²) in [4.78, 5) is 0. The maximum Gasteiger partial charge on any atom is 0.264 e. The number of rotatable bonds is 5. The number of ether oxygens (including phenoxy) is 1. The van der Waals surface area contributed by atoms with E-state index in [1.165, 1.54) is 0 Å². The highest BCUT2D eigenvalue weighted by Gasteiger charge is 2.04. The van der Waals surface area contributed by atoms with Crippen molar-refractivity contribution in [2.75, 3.05) is 12.4 Å². The smallest absolute Gasteiger partial charge is 0.264 e. The van der Waals surface area contributed by atoms with Gasteiger partial charge in [0.2, 0.25) is 6.29 Å². The summed E-state index contributed by atoms with van der Waals surface area (Å²) in [6, 6.07) is 0. The molecular formula is C7H12O5S. The Labute approximate surface area is 77.5 Å². The van der Waals surface area contributed by atoms with Gasteiger partial charge in [-0.25, -0.2) is 0 Å². The molecule has 1 atom stereocenters. The Kier molecular flexibility index (Phi) is 5.66. The summed E-state index contributed by atoms with van der Waals surface area (Å²) in [5.41, 5.74) is 0. The Morgan fingerprint density at radius 1 is 1.54 bits per heavy atom. The largest absolute Gasteiger partial charge is 0.358 e. The van der Waals surface area contributed by atoms with Crippen molar-refractivity contribution < 1.29 is 22.8 Å². The third-order valence-electron chi connectivity index (χ3n) is 1.09. The van der Waals surface area contributed by atoms with Gasteiger partial charge in [-0.05, 0) is 19.3 Å². The van der Waals surface area contributed by atoms with E-state index in [0.717, 1.165) is 0 Å². The third-order valence-corrected chi connectivity index (χ3v) is 1.89. The molecule has 0 aromatic heterocycles. The van der Waals surface area contributed by atoms with E-state index in [-0.39, 0.29) is 18.8 Å². The molecule has 0 spiro atoms. The molecule has 5 nitrogen and oxygen atoms in total. The Morgan fingerprint density at radius 3 is 2.62 bits per heavy atom. The van der Waals surface area contributed by atoms with E-state index < -0.39 is 16.4 Å². The first-order valence-corrected chi connectivity index (χ1v) is 5.23. The molecule has 0 amide bonds. The lowest BCUT2D eigenvalue weighted by Gasteiger charge is -2.04. The predicted molar refractivity (Wildman–Crippen MR) is 46.4 cm³/mol. The summed E-state index contributed by atoms with van der Waals surface area (Å²) >= 11 is 0. The van der Waals surface area contributed by atoms with Gasteiger partial charge in [0.1, 0.15) is 0 Å². The fourth-order valence-electron chi connectivity index (χ4n) is 0.601. The van der Waals surface area contributed by atoms with E-state index >= 15 is 0 Å². The van der Waals surface area contributed by atoms with Crippen LogP contribution in [0.15, 0.2) is 0 Å². The van der Waals surface area contributed by atoms with Crippen molar-refractivity contribution >= 4 is 10.1 Å². The minimum Gasteiger partial charge on any atom is -0.358 e. The molecule has 76 valence electrons. The van der Waals surface area contributed by atoms with Crippen LogP contribution in [0.5, 0.6) is 0 Å². The molecule has 0 aliphatic carbocycles. The molecule has 1 unspecified atom stereocenters. The number of hydrogen-bond acceptors (Lipinski definition) is 4. The molecule has 0 aliphatic rings. The van der Waals surface area contributed by atoms with E-state index in [1.54, 1.807) is 6.92 Å². The lowest BCUT2D eigenvalue weighted by atomic mass is 10.5. The molecule has 0 heterocycles. The number of hydrogen-bond donors (Lipinski definition) is 2. The van der Waals surface area contributed by atoms with Crippen molar-refractivity contribution in [2.45, 2.75) is 19.6 Å². The lowest BCUT2D eigenvalue weighted by molar-refractivity contribution is -0.0566. The van der Waals surface area contributed by atoms with Gasteiger partial charge in [0.05, 0.1) is 12.4 Å². The maximum atomic E-state index is 10.2. The molecule has 0 saturated heterocycles. The van der Waals surface area contributed by atoms with Crippen LogP contribution >= 0.6 is 0 Å². The zero-order valence-electron chi connectivity index (χ0n) is 7.23. The summed E-state index contributed by atoms with van der Waals surface area (Å²) in [6.45, 7) is 1.58. The SMILES string of the molecule is CC#CC(O)OCCCS(=O)(=O)O. The van der Waals surface area contributed by atoms with Gasteiger partial charge in [-0.2, -0.15) is 8.42 Å². The Bertz CT molecular complexity index is 284. The lowest BCUT2D eigenvalue weighted by Crippen LogP contribution is -2.13. The van der Waals surface area contributed by atoms with Gasteiger partial charge < -0.3 is 9.84 Å². The van der Waals surface area contributed by atoms with Crippen LogP contribution in [0.2, 0.25) is 0 Å². The van der Waals surface area contributed by atoms with Gasteiger partial charge >= 0.3 is 0 Å². The second kappa shape index (κ2) is 5.94. The van der Waals surface area contributed by atoms with Crippen LogP contribution in [-0.2, 0) is 14.9 Å². The first kappa shape index (κ1) is 12.4. The van der Waals surface area contributed by atoms with Crippen molar-refractivity contribution in [3.63, 3.8) is 0 Å². The van der Waals surface area contributed by atoms with Crippen LogP contribution in [0, 0.1) is 11.8 Å². The molecule has 0 aliphatic heterocycles. The molecule has 0 fully saturated rings. The first-order chi connectivity index (χ1) is 5.95. The Balaban J connectivity index is 3.51. The van der Waals surface area contributed by atoms with Crippen LogP contribution in [0.3, 0.4) is 0 Å². The van der Waals surface area contributed by atoms with Crippen molar-refractivity contribution in [2.24, 2.45) is 0 Å². The van der Waals surface area contributed by atoms with Crippen molar-refractivity contribution in [1.29, 1.82) is 0 Å². The van der Waals surface area contributed by atoms with E-state index in [9.17, 15) is 8.42 Å². The summed E-state index contributed by atoms with van der Waals surface area (Å²) in [7, 11) is -3.93. The van der Waals surface area contributed by atoms with Gasteiger partial charge in [-0.1, -0.05) is 0 Å². The molecule has 0 saturated carbocycles. The third kappa shape index (κ3) is 9.30. The normalized spacial score (nSPS) is 13.2. The average molecular weight is 208 g/mol. The van der Waals surface area contributed by atoms with E-state index in [0.29, 0.717) is 0 Å².